The van der Waals surface area contributed by atoms with Crippen molar-refractivity contribution >= 4 is 17.7 Å². The smallest absolute Gasteiger partial charge is 0.269 e. The lowest BCUT2D eigenvalue weighted by Crippen LogP contribution is -2.47. The molecule has 0 unspecified atom stereocenters. The van der Waals surface area contributed by atoms with Crippen LogP contribution in [0.1, 0.15) is 24.2 Å². The lowest BCUT2D eigenvalue weighted by Gasteiger charge is -2.17. The summed E-state index contributed by atoms with van der Waals surface area (Å²) in [6.45, 7) is 3.84. The molecule has 0 saturated heterocycles. The molecule has 0 bridgehead atoms. The van der Waals surface area contributed by atoms with Gasteiger partial charge in [-0.1, -0.05) is 18.2 Å². The highest BCUT2D eigenvalue weighted by Crippen LogP contribution is 1.96. The second kappa shape index (κ2) is 8.78. The number of rotatable bonds is 6. The second-order valence-electron chi connectivity index (χ2n) is 5.26. The van der Waals surface area contributed by atoms with Gasteiger partial charge in [0, 0.05) is 11.6 Å². The van der Waals surface area contributed by atoms with E-state index < -0.39 is 11.8 Å². The maximum Gasteiger partial charge on any atom is 0.269 e. The summed E-state index contributed by atoms with van der Waals surface area (Å²) in [5.41, 5.74) is 5.09. The zero-order chi connectivity index (χ0) is 16.5. The van der Waals surface area contributed by atoms with Gasteiger partial charge in [-0.25, -0.2) is 0 Å². The van der Waals surface area contributed by atoms with Gasteiger partial charge in [0.1, 0.15) is 0 Å². The van der Waals surface area contributed by atoms with Crippen LogP contribution in [-0.2, 0) is 9.59 Å². The number of hydrazine groups is 1. The number of hydrogen-bond donors (Lipinski definition) is 3. The van der Waals surface area contributed by atoms with Crippen LogP contribution < -0.4 is 16.2 Å². The number of likely N-dealkylation sites (N-methyl/N-ethyl adjacent to an activating group) is 1. The molecule has 0 atom stereocenters. The largest absolute Gasteiger partial charge is 0.353 e. The molecule has 7 nitrogen and oxygen atoms in total. The van der Waals surface area contributed by atoms with Crippen molar-refractivity contribution < 1.29 is 14.4 Å². The number of carbonyl (C=O) groups is 3. The molecular formula is C15H22N4O3. The maximum absolute atomic E-state index is 11.7. The molecular weight excluding hydrogens is 284 g/mol. The number of hydrogen-bond acceptors (Lipinski definition) is 4. The van der Waals surface area contributed by atoms with E-state index in [4.69, 9.17) is 0 Å². The first-order valence-electron chi connectivity index (χ1n) is 7.00. The molecule has 1 aromatic rings. The minimum Gasteiger partial charge on any atom is -0.353 e. The Balaban J connectivity index is 2.31. The van der Waals surface area contributed by atoms with E-state index in [9.17, 15) is 14.4 Å². The van der Waals surface area contributed by atoms with Crippen molar-refractivity contribution in [2.24, 2.45) is 0 Å². The molecule has 0 aliphatic carbocycles. The number of carbonyl (C=O) groups excluding carboxylic acids is 3. The Morgan fingerprint density at radius 1 is 1.00 bits per heavy atom. The van der Waals surface area contributed by atoms with Gasteiger partial charge in [-0.05, 0) is 33.0 Å². The summed E-state index contributed by atoms with van der Waals surface area (Å²) in [6.07, 6.45) is 0. The molecule has 0 aromatic heterocycles. The first kappa shape index (κ1) is 17.6. The highest BCUT2D eigenvalue weighted by Gasteiger charge is 2.12. The van der Waals surface area contributed by atoms with E-state index in [2.05, 4.69) is 16.2 Å². The van der Waals surface area contributed by atoms with Crippen LogP contribution in [0, 0.1) is 0 Å². The van der Waals surface area contributed by atoms with Crippen LogP contribution >= 0.6 is 0 Å². The van der Waals surface area contributed by atoms with Gasteiger partial charge in [-0.15, -0.1) is 0 Å². The third-order valence-electron chi connectivity index (χ3n) is 2.63. The normalized spacial score (nSPS) is 10.4. The summed E-state index contributed by atoms with van der Waals surface area (Å²) in [7, 11) is 1.65. The quantitative estimate of drug-likeness (QED) is 0.640. The van der Waals surface area contributed by atoms with Crippen molar-refractivity contribution in [3.8, 4) is 0 Å². The maximum atomic E-state index is 11.7. The molecule has 1 aromatic carbocycles. The van der Waals surface area contributed by atoms with Gasteiger partial charge >= 0.3 is 0 Å². The molecule has 3 N–H and O–H groups in total. The van der Waals surface area contributed by atoms with E-state index in [0.717, 1.165) is 0 Å². The second-order valence-corrected chi connectivity index (χ2v) is 5.26. The number of benzene rings is 1. The minimum absolute atomic E-state index is 0.000580. The Hall–Kier alpha value is -2.41. The van der Waals surface area contributed by atoms with Crippen LogP contribution in [0.5, 0.6) is 0 Å². The Morgan fingerprint density at radius 3 is 2.18 bits per heavy atom. The van der Waals surface area contributed by atoms with E-state index >= 15 is 0 Å². The monoisotopic (exact) mass is 306 g/mol. The molecule has 0 fully saturated rings. The number of amides is 3. The molecule has 0 aliphatic rings. The first-order valence-corrected chi connectivity index (χ1v) is 7.00. The van der Waals surface area contributed by atoms with Gasteiger partial charge in [0.25, 0.3) is 11.8 Å². The Bertz CT molecular complexity index is 517. The van der Waals surface area contributed by atoms with Crippen molar-refractivity contribution in [1.82, 2.24) is 21.1 Å². The van der Waals surface area contributed by atoms with Crippen LogP contribution in [0.4, 0.5) is 0 Å². The highest BCUT2D eigenvalue weighted by molar-refractivity contribution is 5.95. The van der Waals surface area contributed by atoms with Crippen LogP contribution in [0.3, 0.4) is 0 Å². The zero-order valence-corrected chi connectivity index (χ0v) is 13.1. The standard InChI is InChI=1S/C15H22N4O3/c1-11(2)16-13(20)9-19(3)10-14(21)17-18-15(22)12-7-5-4-6-8-12/h4-8,11H,9-10H2,1-3H3,(H,16,20)(H,17,21)(H,18,22). The fourth-order valence-corrected chi connectivity index (χ4v) is 1.74. The van der Waals surface area contributed by atoms with Crippen LogP contribution in [-0.4, -0.2) is 48.8 Å². The average molecular weight is 306 g/mol. The molecule has 0 aliphatic heterocycles. The molecule has 0 saturated carbocycles. The van der Waals surface area contributed by atoms with E-state index in [-0.39, 0.29) is 25.0 Å². The van der Waals surface area contributed by atoms with Crippen LogP contribution in [0.15, 0.2) is 30.3 Å². The lowest BCUT2D eigenvalue weighted by atomic mass is 10.2. The summed E-state index contributed by atoms with van der Waals surface area (Å²) >= 11 is 0. The van der Waals surface area contributed by atoms with Crippen molar-refractivity contribution in [1.29, 1.82) is 0 Å². The highest BCUT2D eigenvalue weighted by atomic mass is 16.2. The zero-order valence-electron chi connectivity index (χ0n) is 13.1. The van der Waals surface area contributed by atoms with Crippen molar-refractivity contribution in [3.05, 3.63) is 35.9 Å². The Kier molecular flexibility index (Phi) is 7.04. The molecule has 7 heteroatoms. The van der Waals surface area contributed by atoms with Gasteiger partial charge in [0.05, 0.1) is 13.1 Å². The predicted molar refractivity (Wildman–Crippen MR) is 82.8 cm³/mol. The van der Waals surface area contributed by atoms with Gasteiger partial charge in [0.15, 0.2) is 0 Å². The van der Waals surface area contributed by atoms with Gasteiger partial charge in [0.2, 0.25) is 5.91 Å². The van der Waals surface area contributed by atoms with E-state index in [1.165, 1.54) is 0 Å². The predicted octanol–water partition coefficient (Wildman–Crippen LogP) is -0.0960. The number of nitrogens with one attached hydrogen (secondary N) is 3. The lowest BCUT2D eigenvalue weighted by molar-refractivity contribution is -0.125. The number of nitrogens with zero attached hydrogens (tertiary/aromatic N) is 1. The van der Waals surface area contributed by atoms with Crippen molar-refractivity contribution in [2.75, 3.05) is 20.1 Å². The third kappa shape index (κ3) is 6.85. The van der Waals surface area contributed by atoms with Crippen molar-refractivity contribution in [2.45, 2.75) is 19.9 Å². The van der Waals surface area contributed by atoms with E-state index in [1.54, 1.807) is 42.3 Å². The SMILES string of the molecule is CC(C)NC(=O)CN(C)CC(=O)NNC(=O)c1ccccc1. The van der Waals surface area contributed by atoms with E-state index in [1.807, 2.05) is 13.8 Å². The summed E-state index contributed by atoms with van der Waals surface area (Å²) in [5.74, 6) is -0.947. The van der Waals surface area contributed by atoms with Crippen molar-refractivity contribution in [3.63, 3.8) is 0 Å². The fraction of sp³-hybridized carbons (Fsp3) is 0.400. The Morgan fingerprint density at radius 2 is 1.59 bits per heavy atom. The summed E-state index contributed by atoms with van der Waals surface area (Å²) in [6, 6.07) is 8.61. The molecule has 0 radical (unpaired) electrons. The van der Waals surface area contributed by atoms with Gasteiger partial charge < -0.3 is 5.32 Å². The molecule has 3 amide bonds. The molecule has 120 valence electrons. The van der Waals surface area contributed by atoms with Crippen LogP contribution in [0.25, 0.3) is 0 Å². The molecule has 0 spiro atoms. The summed E-state index contributed by atoms with van der Waals surface area (Å²) in [4.78, 5) is 36.5. The molecule has 0 heterocycles. The summed E-state index contributed by atoms with van der Waals surface area (Å²) in [5, 5.41) is 2.74. The first-order chi connectivity index (χ1) is 10.4. The third-order valence-corrected chi connectivity index (χ3v) is 2.63. The Labute approximate surface area is 130 Å². The van der Waals surface area contributed by atoms with Gasteiger partial charge in [-0.3, -0.25) is 30.1 Å². The molecule has 22 heavy (non-hydrogen) atoms. The minimum atomic E-state index is -0.399. The van der Waals surface area contributed by atoms with Gasteiger partial charge in [-0.2, -0.15) is 0 Å². The molecule has 1 rings (SSSR count). The average Bonchev–Trinajstić information content (AvgIpc) is 2.44. The fourth-order valence-electron chi connectivity index (χ4n) is 1.74. The van der Waals surface area contributed by atoms with Crippen LogP contribution in [0.2, 0.25) is 0 Å². The van der Waals surface area contributed by atoms with E-state index in [0.29, 0.717) is 5.56 Å². The topological polar surface area (TPSA) is 90.5 Å². The summed E-state index contributed by atoms with van der Waals surface area (Å²) < 4.78 is 0.